The summed E-state index contributed by atoms with van der Waals surface area (Å²) in [7, 11) is 1.67. The first-order chi connectivity index (χ1) is 7.86. The van der Waals surface area contributed by atoms with Crippen molar-refractivity contribution in [1.82, 2.24) is 15.8 Å². The molecule has 0 fully saturated rings. The summed E-state index contributed by atoms with van der Waals surface area (Å²) in [4.78, 5) is 4.34. The highest BCUT2D eigenvalue weighted by Crippen LogP contribution is 1.95. The van der Waals surface area contributed by atoms with Gasteiger partial charge in [-0.1, -0.05) is 5.16 Å². The van der Waals surface area contributed by atoms with E-state index >= 15 is 0 Å². The van der Waals surface area contributed by atoms with Crippen molar-refractivity contribution in [2.75, 3.05) is 26.8 Å². The molecule has 98 valence electrons. The number of hydrogen-bond donors (Lipinski definition) is 2. The number of hydrogen-bond acceptors (Lipinski definition) is 4. The summed E-state index contributed by atoms with van der Waals surface area (Å²) >= 11 is 0. The molecule has 0 bridgehead atoms. The van der Waals surface area contributed by atoms with Crippen molar-refractivity contribution in [3.05, 3.63) is 18.0 Å². The van der Waals surface area contributed by atoms with Crippen molar-refractivity contribution in [3.63, 3.8) is 0 Å². The van der Waals surface area contributed by atoms with Crippen molar-refractivity contribution in [2.24, 2.45) is 4.99 Å². The molecule has 0 aliphatic rings. The molecule has 1 aromatic rings. The highest BCUT2D eigenvalue weighted by Gasteiger charge is 1.98. The Labute approximate surface area is 118 Å². The smallest absolute Gasteiger partial charge is 0.191 e. The van der Waals surface area contributed by atoms with Crippen LogP contribution in [0.5, 0.6) is 0 Å². The zero-order chi connectivity index (χ0) is 11.6. The molecule has 0 saturated heterocycles. The van der Waals surface area contributed by atoms with Gasteiger partial charge in [0.2, 0.25) is 0 Å². The minimum Gasteiger partial charge on any atom is -0.383 e. The molecule has 0 aliphatic heterocycles. The molecule has 0 unspecified atom stereocenters. The standard InChI is InChI=1S/C10H18N4O2.HI/c1-3-11-10(12-5-7-15-2)13-8-9-4-6-16-14-9;/h4,6H,3,5,7-8H2,1-2H3,(H2,11,12,13);1H. The van der Waals surface area contributed by atoms with Gasteiger partial charge in [-0.2, -0.15) is 0 Å². The zero-order valence-electron chi connectivity index (χ0n) is 10.1. The predicted molar refractivity (Wildman–Crippen MR) is 76.6 cm³/mol. The van der Waals surface area contributed by atoms with E-state index < -0.39 is 0 Å². The SMILES string of the molecule is CCNC(=NCc1ccon1)NCCOC.I. The second-order valence-electron chi connectivity index (χ2n) is 3.11. The van der Waals surface area contributed by atoms with Crippen molar-refractivity contribution >= 4 is 29.9 Å². The lowest BCUT2D eigenvalue weighted by atomic mass is 10.4. The molecule has 0 radical (unpaired) electrons. The Kier molecular flexibility index (Phi) is 9.83. The minimum atomic E-state index is 0. The van der Waals surface area contributed by atoms with Crippen LogP contribution < -0.4 is 10.6 Å². The van der Waals surface area contributed by atoms with Crippen molar-refractivity contribution in [1.29, 1.82) is 0 Å². The van der Waals surface area contributed by atoms with Crippen LogP contribution in [0.25, 0.3) is 0 Å². The quantitative estimate of drug-likeness (QED) is 0.345. The van der Waals surface area contributed by atoms with Crippen LogP contribution in [0.1, 0.15) is 12.6 Å². The topological polar surface area (TPSA) is 71.7 Å². The number of rotatable bonds is 6. The van der Waals surface area contributed by atoms with Gasteiger partial charge >= 0.3 is 0 Å². The highest BCUT2D eigenvalue weighted by molar-refractivity contribution is 14.0. The molecule has 0 saturated carbocycles. The van der Waals surface area contributed by atoms with Gasteiger partial charge in [0.25, 0.3) is 0 Å². The Balaban J connectivity index is 0.00000256. The average Bonchev–Trinajstić information content (AvgIpc) is 2.79. The van der Waals surface area contributed by atoms with Crippen molar-refractivity contribution in [3.8, 4) is 0 Å². The van der Waals surface area contributed by atoms with Gasteiger partial charge in [-0.25, -0.2) is 4.99 Å². The second-order valence-corrected chi connectivity index (χ2v) is 3.11. The van der Waals surface area contributed by atoms with E-state index in [1.54, 1.807) is 13.2 Å². The third-order valence-electron chi connectivity index (χ3n) is 1.83. The predicted octanol–water partition coefficient (Wildman–Crippen LogP) is 0.994. The van der Waals surface area contributed by atoms with Gasteiger partial charge < -0.3 is 19.9 Å². The van der Waals surface area contributed by atoms with Crippen LogP contribution >= 0.6 is 24.0 Å². The highest BCUT2D eigenvalue weighted by atomic mass is 127. The molecule has 1 heterocycles. The first-order valence-electron chi connectivity index (χ1n) is 5.27. The number of nitrogens with zero attached hydrogens (tertiary/aromatic N) is 2. The van der Waals surface area contributed by atoms with E-state index in [0.29, 0.717) is 13.2 Å². The summed E-state index contributed by atoms with van der Waals surface area (Å²) in [5.74, 6) is 0.752. The fraction of sp³-hybridized carbons (Fsp3) is 0.600. The van der Waals surface area contributed by atoms with Crippen LogP contribution in [0.15, 0.2) is 21.8 Å². The van der Waals surface area contributed by atoms with Crippen LogP contribution in [0.2, 0.25) is 0 Å². The van der Waals surface area contributed by atoms with Crippen LogP contribution in [-0.2, 0) is 11.3 Å². The number of aromatic nitrogens is 1. The maximum atomic E-state index is 4.95. The fourth-order valence-corrected chi connectivity index (χ4v) is 1.09. The summed E-state index contributed by atoms with van der Waals surface area (Å²) in [6.45, 7) is 4.70. The monoisotopic (exact) mass is 354 g/mol. The summed E-state index contributed by atoms with van der Waals surface area (Å²) < 4.78 is 9.67. The largest absolute Gasteiger partial charge is 0.383 e. The Morgan fingerprint density at radius 3 is 2.94 bits per heavy atom. The maximum absolute atomic E-state index is 4.95. The van der Waals surface area contributed by atoms with Gasteiger partial charge in [-0.05, 0) is 6.92 Å². The second kappa shape index (κ2) is 10.3. The summed E-state index contributed by atoms with van der Waals surface area (Å²) in [6.07, 6.45) is 1.54. The molecule has 0 amide bonds. The van der Waals surface area contributed by atoms with Crippen LogP contribution in [0, 0.1) is 0 Å². The molecular formula is C10H19IN4O2. The van der Waals surface area contributed by atoms with Crippen LogP contribution in [-0.4, -0.2) is 37.9 Å². The third-order valence-corrected chi connectivity index (χ3v) is 1.83. The van der Waals surface area contributed by atoms with E-state index in [-0.39, 0.29) is 24.0 Å². The molecular weight excluding hydrogens is 335 g/mol. The first kappa shape index (κ1) is 16.2. The van der Waals surface area contributed by atoms with E-state index in [2.05, 4.69) is 20.8 Å². The molecule has 7 heteroatoms. The lowest BCUT2D eigenvalue weighted by molar-refractivity contribution is 0.203. The average molecular weight is 354 g/mol. The van der Waals surface area contributed by atoms with E-state index in [1.807, 2.05) is 6.92 Å². The van der Waals surface area contributed by atoms with Crippen LogP contribution in [0.3, 0.4) is 0 Å². The summed E-state index contributed by atoms with van der Waals surface area (Å²) in [6, 6.07) is 1.79. The number of halogens is 1. The van der Waals surface area contributed by atoms with Gasteiger partial charge in [-0.3, -0.25) is 0 Å². The zero-order valence-corrected chi connectivity index (χ0v) is 12.4. The molecule has 6 nitrogen and oxygen atoms in total. The van der Waals surface area contributed by atoms with Gasteiger partial charge in [0, 0.05) is 26.3 Å². The normalized spacial score (nSPS) is 10.8. The Bertz CT molecular complexity index is 303. The molecule has 1 aromatic heterocycles. The lowest BCUT2D eigenvalue weighted by Crippen LogP contribution is -2.38. The van der Waals surface area contributed by atoms with Crippen molar-refractivity contribution < 1.29 is 9.26 Å². The molecule has 1 rings (SSSR count). The molecule has 0 atom stereocenters. The van der Waals surface area contributed by atoms with E-state index in [1.165, 1.54) is 6.26 Å². The first-order valence-corrected chi connectivity index (χ1v) is 5.27. The Morgan fingerprint density at radius 1 is 1.53 bits per heavy atom. The molecule has 0 aromatic carbocycles. The third kappa shape index (κ3) is 7.16. The number of nitrogens with one attached hydrogen (secondary N) is 2. The van der Waals surface area contributed by atoms with Gasteiger partial charge in [0.1, 0.15) is 12.0 Å². The van der Waals surface area contributed by atoms with Crippen LogP contribution in [0.4, 0.5) is 0 Å². The van der Waals surface area contributed by atoms with Gasteiger partial charge in [0.05, 0.1) is 13.2 Å². The lowest BCUT2D eigenvalue weighted by Gasteiger charge is -2.09. The van der Waals surface area contributed by atoms with E-state index in [0.717, 1.165) is 24.7 Å². The number of methoxy groups -OCH3 is 1. The molecule has 2 N–H and O–H groups in total. The van der Waals surface area contributed by atoms with Gasteiger partial charge in [-0.15, -0.1) is 24.0 Å². The molecule has 17 heavy (non-hydrogen) atoms. The van der Waals surface area contributed by atoms with Gasteiger partial charge in [0.15, 0.2) is 5.96 Å². The van der Waals surface area contributed by atoms with Crippen molar-refractivity contribution in [2.45, 2.75) is 13.5 Å². The Morgan fingerprint density at radius 2 is 2.35 bits per heavy atom. The molecule has 0 aliphatic carbocycles. The fourth-order valence-electron chi connectivity index (χ4n) is 1.09. The summed E-state index contributed by atoms with van der Waals surface area (Å²) in [5.41, 5.74) is 0.809. The Hall–Kier alpha value is -0.830. The number of aliphatic imine (C=N–C) groups is 1. The maximum Gasteiger partial charge on any atom is 0.191 e. The van der Waals surface area contributed by atoms with E-state index in [9.17, 15) is 0 Å². The minimum absolute atomic E-state index is 0. The number of ether oxygens (including phenoxy) is 1. The molecule has 0 spiro atoms. The van der Waals surface area contributed by atoms with E-state index in [4.69, 9.17) is 9.26 Å². The summed E-state index contributed by atoms with van der Waals surface area (Å²) in [5, 5.41) is 10.1. The number of guanidine groups is 1.